The smallest absolute Gasteiger partial charge is 0.243 e. The molecule has 0 aromatic carbocycles. The summed E-state index contributed by atoms with van der Waals surface area (Å²) in [5.74, 6) is 1.65. The first-order valence-electron chi connectivity index (χ1n) is 6.95. The zero-order valence-corrected chi connectivity index (χ0v) is 11.2. The van der Waals surface area contributed by atoms with Gasteiger partial charge in [-0.1, -0.05) is 12.5 Å². The molecule has 1 saturated carbocycles. The number of nitrogens with zero attached hydrogens (tertiary/aromatic N) is 3. The van der Waals surface area contributed by atoms with Crippen LogP contribution in [0.4, 0.5) is 5.95 Å². The second-order valence-corrected chi connectivity index (χ2v) is 5.39. The maximum atomic E-state index is 9.32. The molecule has 2 aromatic rings. The number of rotatable bonds is 4. The van der Waals surface area contributed by atoms with Crippen molar-refractivity contribution < 1.29 is 5.11 Å². The summed E-state index contributed by atoms with van der Waals surface area (Å²) in [6.07, 6.45) is 3.54. The fraction of sp³-hybridized carbons (Fsp3) is 0.571. The van der Waals surface area contributed by atoms with Gasteiger partial charge in [0.05, 0.1) is 0 Å². The van der Waals surface area contributed by atoms with E-state index in [1.165, 1.54) is 12.8 Å². The van der Waals surface area contributed by atoms with Gasteiger partial charge in [-0.2, -0.15) is 4.98 Å². The molecule has 0 aliphatic heterocycles. The summed E-state index contributed by atoms with van der Waals surface area (Å²) < 4.78 is 1.85. The van der Waals surface area contributed by atoms with Gasteiger partial charge in [-0.3, -0.25) is 0 Å². The molecule has 0 radical (unpaired) electrons. The lowest BCUT2D eigenvalue weighted by molar-refractivity contribution is 0.199. The zero-order chi connectivity index (χ0) is 13.2. The Morgan fingerprint density at radius 2 is 2.21 bits per heavy atom. The maximum Gasteiger partial charge on any atom is 0.243 e. The standard InChI is InChI=1S/C14H20N4O/c1-10-4-2-7-13-16-14(17-18(10)13)15-8-11-5-3-6-12(11)9-19/h2,4,7,11-12,19H,3,5-6,8-9H2,1H3,(H,15,17). The summed E-state index contributed by atoms with van der Waals surface area (Å²) in [7, 11) is 0. The van der Waals surface area contributed by atoms with Crippen molar-refractivity contribution in [3.05, 3.63) is 23.9 Å². The van der Waals surface area contributed by atoms with Crippen molar-refractivity contribution in [2.75, 3.05) is 18.5 Å². The monoisotopic (exact) mass is 260 g/mol. The van der Waals surface area contributed by atoms with Gasteiger partial charge in [0, 0.05) is 18.8 Å². The van der Waals surface area contributed by atoms with Gasteiger partial charge >= 0.3 is 0 Å². The number of aryl methyl sites for hydroxylation is 1. The summed E-state index contributed by atoms with van der Waals surface area (Å²) in [6.45, 7) is 3.16. The molecular formula is C14H20N4O. The Hall–Kier alpha value is -1.62. The van der Waals surface area contributed by atoms with Crippen molar-refractivity contribution in [2.24, 2.45) is 11.8 Å². The molecule has 5 heteroatoms. The zero-order valence-electron chi connectivity index (χ0n) is 11.2. The van der Waals surface area contributed by atoms with Gasteiger partial charge in [-0.15, -0.1) is 5.10 Å². The van der Waals surface area contributed by atoms with Gasteiger partial charge in [0.25, 0.3) is 0 Å². The summed E-state index contributed by atoms with van der Waals surface area (Å²) in [5.41, 5.74) is 1.94. The highest BCUT2D eigenvalue weighted by atomic mass is 16.3. The Morgan fingerprint density at radius 1 is 1.37 bits per heavy atom. The molecule has 1 fully saturated rings. The number of nitrogens with one attached hydrogen (secondary N) is 1. The third-order valence-electron chi connectivity index (χ3n) is 4.12. The summed E-state index contributed by atoms with van der Waals surface area (Å²) >= 11 is 0. The second-order valence-electron chi connectivity index (χ2n) is 5.39. The first kappa shape index (κ1) is 12.4. The molecule has 19 heavy (non-hydrogen) atoms. The molecule has 102 valence electrons. The molecule has 0 amide bonds. The van der Waals surface area contributed by atoms with E-state index in [1.54, 1.807) is 0 Å². The second kappa shape index (κ2) is 5.17. The molecule has 1 aliphatic rings. The molecule has 0 bridgehead atoms. The Balaban J connectivity index is 1.70. The van der Waals surface area contributed by atoms with E-state index in [0.29, 0.717) is 24.4 Å². The molecule has 2 atom stereocenters. The number of fused-ring (bicyclic) bond motifs is 1. The molecule has 2 unspecified atom stereocenters. The largest absolute Gasteiger partial charge is 0.396 e. The van der Waals surface area contributed by atoms with Crippen LogP contribution < -0.4 is 5.32 Å². The topological polar surface area (TPSA) is 62.5 Å². The Bertz CT molecular complexity index is 566. The Kier molecular flexibility index (Phi) is 3.38. The molecule has 5 nitrogen and oxygen atoms in total. The van der Waals surface area contributed by atoms with E-state index < -0.39 is 0 Å². The number of anilines is 1. The predicted molar refractivity (Wildman–Crippen MR) is 74.1 cm³/mol. The minimum absolute atomic E-state index is 0.296. The van der Waals surface area contributed by atoms with Crippen LogP contribution in [-0.2, 0) is 0 Å². The molecule has 0 saturated heterocycles. The Morgan fingerprint density at radius 3 is 3.00 bits per heavy atom. The third kappa shape index (κ3) is 2.42. The highest BCUT2D eigenvalue weighted by Crippen LogP contribution is 2.31. The highest BCUT2D eigenvalue weighted by molar-refractivity contribution is 5.44. The quantitative estimate of drug-likeness (QED) is 0.880. The number of aliphatic hydroxyl groups is 1. The molecule has 0 spiro atoms. The van der Waals surface area contributed by atoms with E-state index in [1.807, 2.05) is 29.6 Å². The van der Waals surface area contributed by atoms with Crippen LogP contribution in [-0.4, -0.2) is 32.9 Å². The molecule has 2 aromatic heterocycles. The summed E-state index contributed by atoms with van der Waals surface area (Å²) in [4.78, 5) is 4.46. The molecule has 3 rings (SSSR count). The average molecular weight is 260 g/mol. The van der Waals surface area contributed by atoms with Gasteiger partial charge in [0.2, 0.25) is 5.95 Å². The third-order valence-corrected chi connectivity index (χ3v) is 4.12. The lowest BCUT2D eigenvalue weighted by Gasteiger charge is -2.16. The first-order chi connectivity index (χ1) is 9.28. The van der Waals surface area contributed by atoms with E-state index in [9.17, 15) is 5.11 Å². The number of hydrogen-bond acceptors (Lipinski definition) is 4. The van der Waals surface area contributed by atoms with E-state index >= 15 is 0 Å². The first-order valence-corrected chi connectivity index (χ1v) is 6.95. The van der Waals surface area contributed by atoms with Crippen molar-refractivity contribution in [3.63, 3.8) is 0 Å². The number of aliphatic hydroxyl groups excluding tert-OH is 1. The van der Waals surface area contributed by atoms with Crippen molar-refractivity contribution in [2.45, 2.75) is 26.2 Å². The van der Waals surface area contributed by atoms with Gasteiger partial charge in [-0.05, 0) is 43.7 Å². The van der Waals surface area contributed by atoms with Crippen molar-refractivity contribution in [1.82, 2.24) is 14.6 Å². The summed E-state index contributed by atoms with van der Waals surface area (Å²) in [5, 5.41) is 17.1. The van der Waals surface area contributed by atoms with E-state index in [-0.39, 0.29) is 0 Å². The van der Waals surface area contributed by atoms with E-state index in [2.05, 4.69) is 15.4 Å². The molecular weight excluding hydrogens is 240 g/mol. The fourth-order valence-electron chi connectivity index (χ4n) is 2.96. The van der Waals surface area contributed by atoms with Crippen LogP contribution in [0.3, 0.4) is 0 Å². The van der Waals surface area contributed by atoms with E-state index in [0.717, 1.165) is 24.3 Å². The maximum absolute atomic E-state index is 9.32. The van der Waals surface area contributed by atoms with Gasteiger partial charge < -0.3 is 10.4 Å². The average Bonchev–Trinajstić information content (AvgIpc) is 3.02. The van der Waals surface area contributed by atoms with Crippen molar-refractivity contribution in [3.8, 4) is 0 Å². The van der Waals surface area contributed by atoms with Crippen LogP contribution in [0.5, 0.6) is 0 Å². The van der Waals surface area contributed by atoms with Crippen LogP contribution in [0.25, 0.3) is 5.65 Å². The van der Waals surface area contributed by atoms with Crippen LogP contribution in [0.15, 0.2) is 18.2 Å². The predicted octanol–water partition coefficient (Wildman–Crippen LogP) is 1.86. The van der Waals surface area contributed by atoms with Crippen LogP contribution in [0.1, 0.15) is 25.0 Å². The highest BCUT2D eigenvalue weighted by Gasteiger charge is 2.26. The van der Waals surface area contributed by atoms with Crippen molar-refractivity contribution in [1.29, 1.82) is 0 Å². The molecule has 1 aliphatic carbocycles. The molecule has 2 N–H and O–H groups in total. The Labute approximate surface area is 112 Å². The van der Waals surface area contributed by atoms with Gasteiger partial charge in [0.15, 0.2) is 5.65 Å². The minimum atomic E-state index is 0.296. The number of aromatic nitrogens is 3. The van der Waals surface area contributed by atoms with Crippen molar-refractivity contribution >= 4 is 11.6 Å². The fourth-order valence-corrected chi connectivity index (χ4v) is 2.96. The lowest BCUT2D eigenvalue weighted by atomic mass is 9.97. The summed E-state index contributed by atoms with van der Waals surface area (Å²) in [6, 6.07) is 5.96. The normalized spacial score (nSPS) is 23.1. The van der Waals surface area contributed by atoms with Crippen LogP contribution in [0, 0.1) is 18.8 Å². The van der Waals surface area contributed by atoms with Crippen LogP contribution in [0.2, 0.25) is 0 Å². The molecule has 2 heterocycles. The van der Waals surface area contributed by atoms with Crippen LogP contribution >= 0.6 is 0 Å². The van der Waals surface area contributed by atoms with Gasteiger partial charge in [0.1, 0.15) is 0 Å². The number of pyridine rings is 1. The number of hydrogen-bond donors (Lipinski definition) is 2. The van der Waals surface area contributed by atoms with E-state index in [4.69, 9.17) is 0 Å². The minimum Gasteiger partial charge on any atom is -0.396 e. The van der Waals surface area contributed by atoms with Gasteiger partial charge in [-0.25, -0.2) is 4.52 Å². The SMILES string of the molecule is Cc1cccc2nc(NCC3CCCC3CO)nn12. The lowest BCUT2D eigenvalue weighted by Crippen LogP contribution is -2.21.